The molecule has 0 saturated carbocycles. The van der Waals surface area contributed by atoms with Gasteiger partial charge in [-0.15, -0.1) is 23.1 Å². The Balaban J connectivity index is 1.29. The number of rotatable bonds is 9. The van der Waals surface area contributed by atoms with E-state index in [9.17, 15) is 9.59 Å². The fraction of sp³-hybridized carbons (Fsp3) is 0.250. The number of pyridine rings is 1. The van der Waals surface area contributed by atoms with Crippen LogP contribution in [0.1, 0.15) is 39.7 Å². The van der Waals surface area contributed by atoms with Crippen LogP contribution in [0, 0.1) is 0 Å². The minimum Gasteiger partial charge on any atom is -0.383 e. The maximum Gasteiger partial charge on any atom is 0.251 e. The Kier molecular flexibility index (Phi) is 7.25. The predicted molar refractivity (Wildman–Crippen MR) is 149 cm³/mol. The highest BCUT2D eigenvalue weighted by Gasteiger charge is 2.27. The number of thiophene rings is 1. The number of aryl methyl sites for hydroxylation is 1. The molecule has 4 aromatic rings. The van der Waals surface area contributed by atoms with Crippen molar-refractivity contribution in [2.24, 2.45) is 5.73 Å². The van der Waals surface area contributed by atoms with E-state index >= 15 is 0 Å². The number of fused-ring (bicyclic) bond motifs is 2. The summed E-state index contributed by atoms with van der Waals surface area (Å²) in [6.45, 7) is 2.67. The number of hydrogen-bond acceptors (Lipinski definition) is 6. The molecule has 1 atom stereocenters. The second kappa shape index (κ2) is 10.7. The first-order chi connectivity index (χ1) is 17.5. The van der Waals surface area contributed by atoms with Crippen LogP contribution in [0.2, 0.25) is 0 Å². The molecule has 36 heavy (non-hydrogen) atoms. The van der Waals surface area contributed by atoms with Crippen molar-refractivity contribution in [2.75, 3.05) is 17.2 Å². The molecule has 2 heterocycles. The lowest BCUT2D eigenvalue weighted by Gasteiger charge is -2.15. The molecule has 1 unspecified atom stereocenters. The van der Waals surface area contributed by atoms with Crippen LogP contribution >= 0.6 is 23.1 Å². The van der Waals surface area contributed by atoms with E-state index < -0.39 is 5.91 Å². The van der Waals surface area contributed by atoms with E-state index in [-0.39, 0.29) is 11.2 Å². The standard InChI is InChI=1S/C28H28N4O2S2/c1-17(27(34)32-28-24(26(29)33)19-9-6-12-22(19)36-28)35-23-14-16-31-25-20(23)10-5-11-21(25)30-15-13-18-7-3-2-4-8-18/h2-5,7-8,10-11,14,16-17,30H,6,9,12-13,15H2,1H3,(H2,29,33)(H,32,34). The molecule has 0 bridgehead atoms. The third kappa shape index (κ3) is 5.10. The molecular weight excluding hydrogens is 488 g/mol. The zero-order valence-corrected chi connectivity index (χ0v) is 21.7. The number of anilines is 2. The third-order valence-electron chi connectivity index (χ3n) is 6.38. The molecule has 2 aromatic carbocycles. The number of nitrogens with one attached hydrogen (secondary N) is 2. The lowest BCUT2D eigenvalue weighted by atomic mass is 10.1. The van der Waals surface area contributed by atoms with Crippen molar-refractivity contribution in [3.63, 3.8) is 0 Å². The van der Waals surface area contributed by atoms with Crippen molar-refractivity contribution in [3.8, 4) is 0 Å². The molecule has 2 aromatic heterocycles. The summed E-state index contributed by atoms with van der Waals surface area (Å²) in [5.74, 6) is -0.623. The molecule has 0 fully saturated rings. The molecular formula is C28H28N4O2S2. The third-order valence-corrected chi connectivity index (χ3v) is 8.77. The highest BCUT2D eigenvalue weighted by molar-refractivity contribution is 8.00. The van der Waals surface area contributed by atoms with Gasteiger partial charge >= 0.3 is 0 Å². The number of amides is 2. The van der Waals surface area contributed by atoms with Crippen LogP contribution < -0.4 is 16.4 Å². The van der Waals surface area contributed by atoms with E-state index in [0.29, 0.717) is 10.6 Å². The van der Waals surface area contributed by atoms with Gasteiger partial charge in [0, 0.05) is 27.9 Å². The lowest BCUT2D eigenvalue weighted by molar-refractivity contribution is -0.115. The van der Waals surface area contributed by atoms with Crippen molar-refractivity contribution in [1.82, 2.24) is 4.98 Å². The van der Waals surface area contributed by atoms with Gasteiger partial charge < -0.3 is 16.4 Å². The van der Waals surface area contributed by atoms with Crippen molar-refractivity contribution >= 4 is 56.5 Å². The topological polar surface area (TPSA) is 97.1 Å². The van der Waals surface area contributed by atoms with Gasteiger partial charge in [0.15, 0.2) is 0 Å². The van der Waals surface area contributed by atoms with Crippen LogP contribution in [0.25, 0.3) is 10.9 Å². The largest absolute Gasteiger partial charge is 0.383 e. The molecule has 1 aliphatic carbocycles. The number of thioether (sulfide) groups is 1. The number of aromatic nitrogens is 1. The van der Waals surface area contributed by atoms with E-state index in [4.69, 9.17) is 5.73 Å². The van der Waals surface area contributed by atoms with Gasteiger partial charge in [-0.3, -0.25) is 14.6 Å². The van der Waals surface area contributed by atoms with Gasteiger partial charge in [-0.25, -0.2) is 0 Å². The summed E-state index contributed by atoms with van der Waals surface area (Å²) in [7, 11) is 0. The number of nitrogens with zero attached hydrogens (tertiary/aromatic N) is 1. The van der Waals surface area contributed by atoms with E-state index in [1.54, 1.807) is 6.20 Å². The first-order valence-electron chi connectivity index (χ1n) is 12.1. The number of carbonyl (C=O) groups is 2. The smallest absolute Gasteiger partial charge is 0.251 e. The molecule has 1 aliphatic rings. The van der Waals surface area contributed by atoms with Crippen molar-refractivity contribution < 1.29 is 9.59 Å². The van der Waals surface area contributed by atoms with E-state index in [1.807, 2.05) is 37.3 Å². The Bertz CT molecular complexity index is 1420. The first-order valence-corrected chi connectivity index (χ1v) is 13.8. The van der Waals surface area contributed by atoms with Crippen LogP contribution in [0.15, 0.2) is 65.7 Å². The highest BCUT2D eigenvalue weighted by atomic mass is 32.2. The Morgan fingerprint density at radius 1 is 1.11 bits per heavy atom. The number of nitrogens with two attached hydrogens (primary N) is 1. The van der Waals surface area contributed by atoms with Crippen LogP contribution in [-0.2, 0) is 24.1 Å². The molecule has 184 valence electrons. The van der Waals surface area contributed by atoms with Gasteiger partial charge in [0.25, 0.3) is 5.91 Å². The van der Waals surface area contributed by atoms with Crippen molar-refractivity contribution in [3.05, 3.63) is 82.4 Å². The van der Waals surface area contributed by atoms with Crippen molar-refractivity contribution in [1.29, 1.82) is 0 Å². The molecule has 4 N–H and O–H groups in total. The van der Waals surface area contributed by atoms with E-state index in [1.165, 1.54) is 28.7 Å². The normalized spacial score (nSPS) is 13.4. The Hall–Kier alpha value is -3.36. The fourth-order valence-corrected chi connectivity index (χ4v) is 6.87. The second-order valence-electron chi connectivity index (χ2n) is 8.85. The molecule has 0 spiro atoms. The minimum absolute atomic E-state index is 0.149. The summed E-state index contributed by atoms with van der Waals surface area (Å²) in [4.78, 5) is 31.9. The van der Waals surface area contributed by atoms with Gasteiger partial charge in [0.05, 0.1) is 22.0 Å². The zero-order valence-electron chi connectivity index (χ0n) is 20.0. The number of benzene rings is 2. The van der Waals surface area contributed by atoms with Gasteiger partial charge in [-0.2, -0.15) is 0 Å². The van der Waals surface area contributed by atoms with Gasteiger partial charge in [0.2, 0.25) is 5.91 Å². The molecule has 2 amide bonds. The summed E-state index contributed by atoms with van der Waals surface area (Å²) < 4.78 is 0. The van der Waals surface area contributed by atoms with Gasteiger partial charge in [-0.05, 0) is 55.9 Å². The summed E-state index contributed by atoms with van der Waals surface area (Å²) >= 11 is 2.96. The van der Waals surface area contributed by atoms with Crippen molar-refractivity contribution in [2.45, 2.75) is 42.8 Å². The van der Waals surface area contributed by atoms with E-state index in [2.05, 4.69) is 39.9 Å². The second-order valence-corrected chi connectivity index (χ2v) is 11.3. The summed E-state index contributed by atoms with van der Waals surface area (Å²) in [5.41, 5.74) is 10.3. The SMILES string of the molecule is CC(Sc1ccnc2c(NCCc3ccccc3)cccc12)C(=O)Nc1sc2c(c1C(N)=O)CCC2. The Morgan fingerprint density at radius 2 is 1.94 bits per heavy atom. The maximum atomic E-state index is 13.1. The fourth-order valence-electron chi connectivity index (χ4n) is 4.59. The maximum absolute atomic E-state index is 13.1. The molecule has 0 aliphatic heterocycles. The number of carbonyl (C=O) groups excluding carboxylic acids is 2. The Labute approximate surface area is 218 Å². The van der Waals surface area contributed by atoms with Gasteiger partial charge in [0.1, 0.15) is 5.00 Å². The summed E-state index contributed by atoms with van der Waals surface area (Å²) in [6, 6.07) is 18.4. The molecule has 0 saturated heterocycles. The quantitative estimate of drug-likeness (QED) is 0.250. The number of hydrogen-bond donors (Lipinski definition) is 3. The molecule has 6 nitrogen and oxygen atoms in total. The lowest BCUT2D eigenvalue weighted by Crippen LogP contribution is -2.24. The van der Waals surface area contributed by atoms with Crippen LogP contribution in [0.3, 0.4) is 0 Å². The monoisotopic (exact) mass is 516 g/mol. The summed E-state index contributed by atoms with van der Waals surface area (Å²) in [5, 5.41) is 7.69. The molecule has 5 rings (SSSR count). The van der Waals surface area contributed by atoms with Gasteiger partial charge in [-0.1, -0.05) is 42.5 Å². The highest BCUT2D eigenvalue weighted by Crippen LogP contribution is 2.39. The van der Waals surface area contributed by atoms with E-state index in [0.717, 1.165) is 64.2 Å². The zero-order chi connectivity index (χ0) is 25.1. The summed E-state index contributed by atoms with van der Waals surface area (Å²) in [6.07, 6.45) is 5.51. The molecule has 0 radical (unpaired) electrons. The average Bonchev–Trinajstić information content (AvgIpc) is 3.46. The Morgan fingerprint density at radius 3 is 2.75 bits per heavy atom. The van der Waals surface area contributed by atoms with Crippen LogP contribution in [0.4, 0.5) is 10.7 Å². The minimum atomic E-state index is -0.475. The first kappa shape index (κ1) is 24.3. The predicted octanol–water partition coefficient (Wildman–Crippen LogP) is 5.66. The average molecular weight is 517 g/mol. The number of para-hydroxylation sites is 1. The molecule has 8 heteroatoms. The van der Waals surface area contributed by atoms with Crippen LogP contribution in [-0.4, -0.2) is 28.6 Å². The number of primary amides is 1. The van der Waals surface area contributed by atoms with Crippen LogP contribution in [0.5, 0.6) is 0 Å².